The van der Waals surface area contributed by atoms with Gasteiger partial charge in [-0.05, 0) is 43.0 Å². The number of nitrogens with one attached hydrogen (secondary N) is 1. The van der Waals surface area contributed by atoms with E-state index in [0.29, 0.717) is 0 Å². The minimum Gasteiger partial charge on any atom is -0.382 e. The van der Waals surface area contributed by atoms with Crippen LogP contribution in [0, 0.1) is 0 Å². The summed E-state index contributed by atoms with van der Waals surface area (Å²) in [4.78, 5) is 0. The van der Waals surface area contributed by atoms with Crippen molar-refractivity contribution in [1.29, 1.82) is 0 Å². The van der Waals surface area contributed by atoms with E-state index >= 15 is 0 Å². The van der Waals surface area contributed by atoms with Crippen LogP contribution in [0.5, 0.6) is 0 Å². The maximum absolute atomic E-state index is 5.99. The minimum atomic E-state index is 0.0928. The van der Waals surface area contributed by atoms with Crippen LogP contribution in [-0.2, 0) is 11.2 Å². The Hall–Kier alpha value is -0.730. The van der Waals surface area contributed by atoms with Crippen LogP contribution in [0.2, 0.25) is 5.02 Å². The van der Waals surface area contributed by atoms with Gasteiger partial charge in [0.05, 0.1) is 12.1 Å². The van der Waals surface area contributed by atoms with Crippen molar-refractivity contribution < 1.29 is 4.74 Å². The first kappa shape index (κ1) is 11.7. The summed E-state index contributed by atoms with van der Waals surface area (Å²) >= 11 is 5.99. The normalized spacial score (nSPS) is 23.7. The fourth-order valence-electron chi connectivity index (χ4n) is 2.36. The third-order valence-corrected chi connectivity index (χ3v) is 3.67. The molecule has 1 aromatic carbocycles. The molecule has 1 aliphatic rings. The van der Waals surface area contributed by atoms with Gasteiger partial charge in [0, 0.05) is 17.8 Å². The quantitative estimate of drug-likeness (QED) is 0.872. The molecule has 0 aliphatic carbocycles. The molecule has 2 nitrogen and oxygen atoms in total. The summed E-state index contributed by atoms with van der Waals surface area (Å²) in [5.41, 5.74) is 2.61. The molecule has 0 amide bonds. The van der Waals surface area contributed by atoms with Gasteiger partial charge in [-0.15, -0.1) is 0 Å². The predicted molar refractivity (Wildman–Crippen MR) is 68.3 cm³/mol. The van der Waals surface area contributed by atoms with Crippen LogP contribution in [0.1, 0.15) is 25.3 Å². The van der Waals surface area contributed by atoms with Crippen LogP contribution in [0.3, 0.4) is 0 Å². The molecule has 3 heteroatoms. The molecule has 0 saturated carbocycles. The summed E-state index contributed by atoms with van der Waals surface area (Å²) in [6, 6.07) is 6.05. The number of hydrogen-bond acceptors (Lipinski definition) is 2. The van der Waals surface area contributed by atoms with Crippen LogP contribution in [0.4, 0.5) is 5.69 Å². The van der Waals surface area contributed by atoms with E-state index in [1.807, 2.05) is 6.07 Å². The fourth-order valence-corrected chi connectivity index (χ4v) is 2.56. The summed E-state index contributed by atoms with van der Waals surface area (Å²) in [5, 5.41) is 4.42. The van der Waals surface area contributed by atoms with Gasteiger partial charge in [0.2, 0.25) is 0 Å². The molecule has 0 aromatic heterocycles. The third-order valence-electron chi connectivity index (χ3n) is 3.44. The number of ether oxygens (including phenoxy) is 1. The zero-order valence-corrected chi connectivity index (χ0v) is 10.6. The summed E-state index contributed by atoms with van der Waals surface area (Å²) in [5.74, 6) is 0. The van der Waals surface area contributed by atoms with E-state index in [4.69, 9.17) is 16.3 Å². The van der Waals surface area contributed by atoms with Crippen LogP contribution < -0.4 is 5.32 Å². The fraction of sp³-hybridized carbons (Fsp3) is 0.538. The first-order chi connectivity index (χ1) is 7.69. The smallest absolute Gasteiger partial charge is 0.0692 e. The van der Waals surface area contributed by atoms with Crippen molar-refractivity contribution >= 4 is 17.3 Å². The lowest BCUT2D eigenvalue weighted by atomic mass is 9.85. The van der Waals surface area contributed by atoms with E-state index in [2.05, 4.69) is 24.4 Å². The van der Waals surface area contributed by atoms with Crippen molar-refractivity contribution in [2.75, 3.05) is 19.0 Å². The number of halogens is 1. The maximum atomic E-state index is 5.99. The van der Waals surface area contributed by atoms with Gasteiger partial charge in [0.15, 0.2) is 0 Å². The van der Waals surface area contributed by atoms with Crippen molar-refractivity contribution in [3.05, 3.63) is 28.8 Å². The van der Waals surface area contributed by atoms with Crippen molar-refractivity contribution in [3.63, 3.8) is 0 Å². The molecule has 0 spiro atoms. The highest BCUT2D eigenvalue weighted by Crippen LogP contribution is 2.34. The molecule has 1 atom stereocenters. The highest BCUT2D eigenvalue weighted by atomic mass is 35.5. The molecule has 1 aromatic rings. The van der Waals surface area contributed by atoms with Gasteiger partial charge in [0.1, 0.15) is 0 Å². The number of fused-ring (bicyclic) bond motifs is 1. The highest BCUT2D eigenvalue weighted by molar-refractivity contribution is 6.30. The number of anilines is 1. The van der Waals surface area contributed by atoms with Gasteiger partial charge < -0.3 is 10.1 Å². The lowest BCUT2D eigenvalue weighted by Crippen LogP contribution is -2.45. The Balaban J connectivity index is 2.25. The Morgan fingerprint density at radius 1 is 1.50 bits per heavy atom. The van der Waals surface area contributed by atoms with E-state index in [9.17, 15) is 0 Å². The Kier molecular flexibility index (Phi) is 3.41. The monoisotopic (exact) mass is 239 g/mol. The highest BCUT2D eigenvalue weighted by Gasteiger charge is 2.32. The first-order valence-corrected chi connectivity index (χ1v) is 6.12. The molecule has 16 heavy (non-hydrogen) atoms. The van der Waals surface area contributed by atoms with Crippen LogP contribution in [-0.4, -0.2) is 19.3 Å². The second-order valence-corrected chi connectivity index (χ2v) is 4.93. The summed E-state index contributed by atoms with van der Waals surface area (Å²) in [6.07, 6.45) is 3.24. The largest absolute Gasteiger partial charge is 0.382 e. The Morgan fingerprint density at radius 3 is 3.00 bits per heavy atom. The van der Waals surface area contributed by atoms with Gasteiger partial charge >= 0.3 is 0 Å². The number of rotatable bonds is 3. The molecular weight excluding hydrogens is 222 g/mol. The Labute approximate surface area is 102 Å². The van der Waals surface area contributed by atoms with E-state index in [1.54, 1.807) is 7.11 Å². The van der Waals surface area contributed by atoms with Crippen molar-refractivity contribution in [1.82, 2.24) is 0 Å². The Morgan fingerprint density at radius 2 is 2.31 bits per heavy atom. The predicted octanol–water partition coefficient (Wildman–Crippen LogP) is 3.49. The number of benzene rings is 1. The van der Waals surface area contributed by atoms with E-state index in [-0.39, 0.29) is 5.54 Å². The molecule has 1 aliphatic heterocycles. The zero-order valence-electron chi connectivity index (χ0n) is 9.85. The molecule has 0 fully saturated rings. The lowest BCUT2D eigenvalue weighted by Gasteiger charge is -2.39. The average molecular weight is 240 g/mol. The topological polar surface area (TPSA) is 21.3 Å². The molecule has 1 heterocycles. The van der Waals surface area contributed by atoms with E-state index in [0.717, 1.165) is 30.9 Å². The van der Waals surface area contributed by atoms with Crippen molar-refractivity contribution in [3.8, 4) is 0 Å². The molecule has 88 valence electrons. The summed E-state index contributed by atoms with van der Waals surface area (Å²) < 4.78 is 5.33. The number of methoxy groups -OCH3 is 1. The maximum Gasteiger partial charge on any atom is 0.0692 e. The van der Waals surface area contributed by atoms with E-state index in [1.165, 1.54) is 11.3 Å². The van der Waals surface area contributed by atoms with Gasteiger partial charge in [-0.1, -0.05) is 18.5 Å². The SMILES string of the molecule is CCC1(COC)CCc2cc(Cl)ccc2N1. The molecule has 0 bridgehead atoms. The summed E-state index contributed by atoms with van der Waals surface area (Å²) in [6.45, 7) is 2.96. The zero-order chi connectivity index (χ0) is 11.6. The van der Waals surface area contributed by atoms with Gasteiger partial charge in [-0.3, -0.25) is 0 Å². The molecule has 0 saturated heterocycles. The average Bonchev–Trinajstić information content (AvgIpc) is 2.30. The lowest BCUT2D eigenvalue weighted by molar-refractivity contribution is 0.133. The van der Waals surface area contributed by atoms with Gasteiger partial charge in [-0.2, -0.15) is 0 Å². The van der Waals surface area contributed by atoms with Crippen molar-refractivity contribution in [2.45, 2.75) is 31.7 Å². The molecule has 1 unspecified atom stereocenters. The molecule has 0 radical (unpaired) electrons. The summed E-state index contributed by atoms with van der Waals surface area (Å²) in [7, 11) is 1.76. The molecule has 1 N–H and O–H groups in total. The Bertz CT molecular complexity index is 380. The van der Waals surface area contributed by atoms with Crippen LogP contribution in [0.25, 0.3) is 0 Å². The third kappa shape index (κ3) is 2.18. The second-order valence-electron chi connectivity index (χ2n) is 4.49. The number of aryl methyl sites for hydroxylation is 1. The van der Waals surface area contributed by atoms with Crippen LogP contribution >= 0.6 is 11.6 Å². The van der Waals surface area contributed by atoms with E-state index < -0.39 is 0 Å². The van der Waals surface area contributed by atoms with Gasteiger partial charge in [-0.25, -0.2) is 0 Å². The van der Waals surface area contributed by atoms with Crippen LogP contribution in [0.15, 0.2) is 18.2 Å². The van der Waals surface area contributed by atoms with Gasteiger partial charge in [0.25, 0.3) is 0 Å². The molecule has 2 rings (SSSR count). The first-order valence-electron chi connectivity index (χ1n) is 5.75. The second kappa shape index (κ2) is 4.64. The standard InChI is InChI=1S/C13H18ClNO/c1-3-13(9-16-2)7-6-10-8-11(14)4-5-12(10)15-13/h4-5,8,15H,3,6-7,9H2,1-2H3. The van der Waals surface area contributed by atoms with Crippen molar-refractivity contribution in [2.24, 2.45) is 0 Å². The minimum absolute atomic E-state index is 0.0928. The number of hydrogen-bond donors (Lipinski definition) is 1. The molecular formula is C13H18ClNO.